The predicted octanol–water partition coefficient (Wildman–Crippen LogP) is 3.76. The lowest BCUT2D eigenvalue weighted by atomic mass is 9.85. The van der Waals surface area contributed by atoms with Crippen molar-refractivity contribution in [3.63, 3.8) is 0 Å². The van der Waals surface area contributed by atoms with Gasteiger partial charge in [-0.05, 0) is 43.5 Å². The second-order valence-corrected chi connectivity index (χ2v) is 5.12. The highest BCUT2D eigenvalue weighted by Gasteiger charge is 2.30. The van der Waals surface area contributed by atoms with E-state index >= 15 is 0 Å². The van der Waals surface area contributed by atoms with Crippen LogP contribution in [0.5, 0.6) is 0 Å². The highest BCUT2D eigenvalue weighted by Crippen LogP contribution is 2.31. The van der Waals surface area contributed by atoms with Crippen LogP contribution in [-0.4, -0.2) is 17.1 Å². The molecule has 1 aliphatic carbocycles. The zero-order chi connectivity index (χ0) is 14.8. The normalized spacial score (nSPS) is 23.4. The van der Waals surface area contributed by atoms with E-state index < -0.39 is 17.7 Å². The third-order valence-corrected chi connectivity index (χ3v) is 3.61. The second-order valence-electron chi connectivity index (χ2n) is 5.12. The summed E-state index contributed by atoms with van der Waals surface area (Å²) in [4.78, 5) is 11.0. The van der Waals surface area contributed by atoms with E-state index in [-0.39, 0.29) is 12.0 Å². The van der Waals surface area contributed by atoms with Crippen molar-refractivity contribution < 1.29 is 23.1 Å². The molecule has 1 aromatic carbocycles. The van der Waals surface area contributed by atoms with E-state index in [2.05, 4.69) is 5.32 Å². The summed E-state index contributed by atoms with van der Waals surface area (Å²) in [7, 11) is 0. The number of rotatable bonds is 3. The van der Waals surface area contributed by atoms with Crippen molar-refractivity contribution in [1.29, 1.82) is 0 Å². The molecule has 110 valence electrons. The Morgan fingerprint density at radius 2 is 1.85 bits per heavy atom. The van der Waals surface area contributed by atoms with Crippen LogP contribution in [0.15, 0.2) is 24.3 Å². The number of benzene rings is 1. The van der Waals surface area contributed by atoms with Crippen molar-refractivity contribution in [3.05, 3.63) is 29.8 Å². The smallest absolute Gasteiger partial charge is 0.416 e. The van der Waals surface area contributed by atoms with Crippen LogP contribution < -0.4 is 5.32 Å². The molecular weight excluding hydrogens is 271 g/mol. The van der Waals surface area contributed by atoms with Crippen LogP contribution in [0.2, 0.25) is 0 Å². The Balaban J connectivity index is 1.98. The van der Waals surface area contributed by atoms with Gasteiger partial charge in [-0.1, -0.05) is 6.42 Å². The fraction of sp³-hybridized carbons (Fsp3) is 0.500. The Kier molecular flexibility index (Phi) is 4.20. The average Bonchev–Trinajstić information content (AvgIpc) is 2.38. The molecule has 0 saturated heterocycles. The summed E-state index contributed by atoms with van der Waals surface area (Å²) >= 11 is 0. The Labute approximate surface area is 114 Å². The zero-order valence-corrected chi connectivity index (χ0v) is 10.8. The summed E-state index contributed by atoms with van der Waals surface area (Å²) in [5, 5.41) is 12.1. The van der Waals surface area contributed by atoms with Gasteiger partial charge in [0, 0.05) is 11.7 Å². The summed E-state index contributed by atoms with van der Waals surface area (Å²) < 4.78 is 37.3. The van der Waals surface area contributed by atoms with Gasteiger partial charge < -0.3 is 10.4 Å². The number of aliphatic carboxylic acids is 1. The monoisotopic (exact) mass is 287 g/mol. The number of hydrogen-bond acceptors (Lipinski definition) is 2. The van der Waals surface area contributed by atoms with Crippen LogP contribution in [0, 0.1) is 5.92 Å². The highest BCUT2D eigenvalue weighted by atomic mass is 19.4. The van der Waals surface area contributed by atoms with Gasteiger partial charge >= 0.3 is 12.1 Å². The van der Waals surface area contributed by atoms with Crippen LogP contribution in [0.25, 0.3) is 0 Å². The molecule has 0 aliphatic heterocycles. The molecule has 6 heteroatoms. The quantitative estimate of drug-likeness (QED) is 0.890. The third-order valence-electron chi connectivity index (χ3n) is 3.61. The predicted molar refractivity (Wildman–Crippen MR) is 68.4 cm³/mol. The van der Waals surface area contributed by atoms with E-state index in [4.69, 9.17) is 5.11 Å². The lowest BCUT2D eigenvalue weighted by molar-refractivity contribution is -0.143. The molecule has 0 amide bonds. The molecule has 2 N–H and O–H groups in total. The molecular formula is C14H16F3NO2. The maximum Gasteiger partial charge on any atom is 0.416 e. The van der Waals surface area contributed by atoms with Crippen LogP contribution in [0.3, 0.4) is 0 Å². The average molecular weight is 287 g/mol. The Bertz CT molecular complexity index is 470. The SMILES string of the molecule is O=C(O)C1CCCC(Nc2ccc(C(F)(F)F)cc2)C1. The number of halogens is 3. The molecule has 2 atom stereocenters. The first kappa shape index (κ1) is 14.7. The van der Waals surface area contributed by atoms with Gasteiger partial charge in [0.05, 0.1) is 11.5 Å². The largest absolute Gasteiger partial charge is 0.481 e. The molecule has 2 unspecified atom stereocenters. The van der Waals surface area contributed by atoms with Gasteiger partial charge in [0.1, 0.15) is 0 Å². The summed E-state index contributed by atoms with van der Waals surface area (Å²) in [6.45, 7) is 0. The second kappa shape index (κ2) is 5.73. The molecule has 2 rings (SSSR count). The zero-order valence-electron chi connectivity index (χ0n) is 10.8. The van der Waals surface area contributed by atoms with Crippen molar-refractivity contribution in [2.45, 2.75) is 37.9 Å². The van der Waals surface area contributed by atoms with Crippen LogP contribution in [0.1, 0.15) is 31.2 Å². The maximum absolute atomic E-state index is 12.4. The van der Waals surface area contributed by atoms with Gasteiger partial charge in [0.15, 0.2) is 0 Å². The fourth-order valence-corrected chi connectivity index (χ4v) is 2.54. The summed E-state index contributed by atoms with van der Waals surface area (Å²) in [5.74, 6) is -1.17. The van der Waals surface area contributed by atoms with Gasteiger partial charge in [-0.15, -0.1) is 0 Å². The van der Waals surface area contributed by atoms with Crippen molar-refractivity contribution in [1.82, 2.24) is 0 Å². The van der Waals surface area contributed by atoms with E-state index in [1.807, 2.05) is 0 Å². The number of anilines is 1. The Morgan fingerprint density at radius 3 is 2.40 bits per heavy atom. The van der Waals surface area contributed by atoms with Crippen molar-refractivity contribution >= 4 is 11.7 Å². The first-order valence-corrected chi connectivity index (χ1v) is 6.53. The third kappa shape index (κ3) is 3.65. The minimum absolute atomic E-state index is 0.00147. The molecule has 0 heterocycles. The van der Waals surface area contributed by atoms with Crippen LogP contribution >= 0.6 is 0 Å². The lowest BCUT2D eigenvalue weighted by Gasteiger charge is -2.28. The van der Waals surface area contributed by atoms with Crippen molar-refractivity contribution in [2.24, 2.45) is 5.92 Å². The fourth-order valence-electron chi connectivity index (χ4n) is 2.54. The van der Waals surface area contributed by atoms with E-state index in [1.165, 1.54) is 12.1 Å². The molecule has 3 nitrogen and oxygen atoms in total. The molecule has 0 spiro atoms. The molecule has 1 saturated carbocycles. The molecule has 1 aromatic rings. The number of carboxylic acids is 1. The topological polar surface area (TPSA) is 49.3 Å². The molecule has 20 heavy (non-hydrogen) atoms. The molecule has 0 bridgehead atoms. The standard InChI is InChI=1S/C14H16F3NO2/c15-14(16,17)10-4-6-11(7-5-10)18-12-3-1-2-9(8-12)13(19)20/h4-7,9,12,18H,1-3,8H2,(H,19,20). The van der Waals surface area contributed by atoms with Gasteiger partial charge in [-0.2, -0.15) is 13.2 Å². The van der Waals surface area contributed by atoms with Crippen LogP contribution in [0.4, 0.5) is 18.9 Å². The summed E-state index contributed by atoms with van der Waals surface area (Å²) in [6, 6.07) is 4.82. The summed E-state index contributed by atoms with van der Waals surface area (Å²) in [6.07, 6.45) is -1.51. The van der Waals surface area contributed by atoms with Gasteiger partial charge in [-0.25, -0.2) is 0 Å². The molecule has 0 radical (unpaired) electrons. The van der Waals surface area contributed by atoms with E-state index in [1.54, 1.807) is 0 Å². The first-order valence-electron chi connectivity index (χ1n) is 6.53. The number of carboxylic acid groups (broad SMARTS) is 1. The van der Waals surface area contributed by atoms with Crippen molar-refractivity contribution in [2.75, 3.05) is 5.32 Å². The molecule has 0 aromatic heterocycles. The van der Waals surface area contributed by atoms with Gasteiger partial charge in [0.2, 0.25) is 0 Å². The maximum atomic E-state index is 12.4. The number of hydrogen-bond donors (Lipinski definition) is 2. The number of carbonyl (C=O) groups is 1. The van der Waals surface area contributed by atoms with Gasteiger partial charge in [0.25, 0.3) is 0 Å². The first-order chi connectivity index (χ1) is 9.36. The Morgan fingerprint density at radius 1 is 1.20 bits per heavy atom. The van der Waals surface area contributed by atoms with Gasteiger partial charge in [-0.3, -0.25) is 4.79 Å². The van der Waals surface area contributed by atoms with E-state index in [9.17, 15) is 18.0 Å². The van der Waals surface area contributed by atoms with E-state index in [0.717, 1.165) is 25.0 Å². The Hall–Kier alpha value is -1.72. The number of alkyl halides is 3. The van der Waals surface area contributed by atoms with Crippen LogP contribution in [-0.2, 0) is 11.0 Å². The molecule has 1 fully saturated rings. The highest BCUT2D eigenvalue weighted by molar-refractivity contribution is 5.70. The number of nitrogens with one attached hydrogen (secondary N) is 1. The lowest BCUT2D eigenvalue weighted by Crippen LogP contribution is -2.30. The minimum Gasteiger partial charge on any atom is -0.481 e. The van der Waals surface area contributed by atoms with Crippen molar-refractivity contribution in [3.8, 4) is 0 Å². The molecule has 1 aliphatic rings. The summed E-state index contributed by atoms with van der Waals surface area (Å²) in [5.41, 5.74) is -0.0934. The van der Waals surface area contributed by atoms with E-state index in [0.29, 0.717) is 18.5 Å². The minimum atomic E-state index is -4.34.